The molecule has 1 aromatic carbocycles. The van der Waals surface area contributed by atoms with Gasteiger partial charge in [0.15, 0.2) is 0 Å². The minimum Gasteiger partial charge on any atom is -0.497 e. The average Bonchev–Trinajstić information content (AvgIpc) is 2.87. The second-order valence-corrected chi connectivity index (χ2v) is 7.65. The van der Waals surface area contributed by atoms with Gasteiger partial charge in [-0.3, -0.25) is 0 Å². The highest BCUT2D eigenvalue weighted by Gasteiger charge is 2.34. The van der Waals surface area contributed by atoms with Gasteiger partial charge in [-0.1, -0.05) is 24.3 Å². The molecule has 2 aromatic rings. The van der Waals surface area contributed by atoms with Crippen LogP contribution in [0.25, 0.3) is 0 Å². The Kier molecular flexibility index (Phi) is 8.10. The number of hydrogen-bond acceptors (Lipinski definition) is 7. The quantitative estimate of drug-likeness (QED) is 0.358. The van der Waals surface area contributed by atoms with Crippen molar-refractivity contribution in [3.8, 4) is 5.75 Å². The summed E-state index contributed by atoms with van der Waals surface area (Å²) in [6.07, 6.45) is 2.68. The summed E-state index contributed by atoms with van der Waals surface area (Å²) in [6.45, 7) is 7.96. The van der Waals surface area contributed by atoms with E-state index >= 15 is 0 Å². The van der Waals surface area contributed by atoms with Crippen molar-refractivity contribution in [1.82, 2.24) is 24.3 Å². The number of allylic oxidation sites excluding steroid dienone is 3. The summed E-state index contributed by atoms with van der Waals surface area (Å²) in [6, 6.07) is 5.06. The van der Waals surface area contributed by atoms with Gasteiger partial charge in [-0.2, -0.15) is 0 Å². The molecule has 36 heavy (non-hydrogen) atoms. The highest BCUT2D eigenvalue weighted by atomic mass is 16.5. The molecule has 2 N–H and O–H groups in total. The second-order valence-electron chi connectivity index (χ2n) is 7.65. The number of carbonyl (C=O) groups is 2. The molecule has 0 radical (unpaired) electrons. The van der Waals surface area contributed by atoms with E-state index in [9.17, 15) is 24.0 Å². The van der Waals surface area contributed by atoms with Crippen LogP contribution < -0.4 is 32.4 Å². The Morgan fingerprint density at radius 2 is 1.53 bits per heavy atom. The molecule has 1 aromatic heterocycles. The third kappa shape index (κ3) is 5.06. The molecule has 3 rings (SSSR count). The summed E-state index contributed by atoms with van der Waals surface area (Å²) in [4.78, 5) is 64.5. The maximum Gasteiger partial charge on any atom is 0.338 e. The van der Waals surface area contributed by atoms with Gasteiger partial charge in [-0.15, -0.1) is 13.2 Å². The predicted molar refractivity (Wildman–Crippen MR) is 131 cm³/mol. The summed E-state index contributed by atoms with van der Waals surface area (Å²) >= 11 is 0. The molecule has 2 amide bonds. The van der Waals surface area contributed by atoms with Gasteiger partial charge >= 0.3 is 29.1 Å². The van der Waals surface area contributed by atoms with Crippen molar-refractivity contribution in [2.75, 3.05) is 13.7 Å². The van der Waals surface area contributed by atoms with Crippen molar-refractivity contribution < 1.29 is 19.1 Å². The van der Waals surface area contributed by atoms with Crippen molar-refractivity contribution >= 4 is 12.0 Å². The summed E-state index contributed by atoms with van der Waals surface area (Å²) in [5, 5.41) is 5.19. The lowest BCUT2D eigenvalue weighted by Crippen LogP contribution is -2.55. The maximum atomic E-state index is 13.1. The average molecular weight is 498 g/mol. The Morgan fingerprint density at radius 3 is 2.03 bits per heavy atom. The zero-order chi connectivity index (χ0) is 26.4. The molecule has 12 nitrogen and oxygen atoms in total. The van der Waals surface area contributed by atoms with E-state index in [0.717, 1.165) is 13.7 Å². The van der Waals surface area contributed by atoms with Crippen LogP contribution in [0, 0.1) is 0 Å². The summed E-state index contributed by atoms with van der Waals surface area (Å²) in [7, 11) is 1.51. The minimum atomic E-state index is -0.941. The van der Waals surface area contributed by atoms with Crippen molar-refractivity contribution in [1.29, 1.82) is 0 Å². The van der Waals surface area contributed by atoms with Gasteiger partial charge in [0.05, 0.1) is 50.7 Å². The molecule has 1 aliphatic heterocycles. The van der Waals surface area contributed by atoms with Crippen LogP contribution in [-0.2, 0) is 29.2 Å². The molecule has 0 bridgehead atoms. The van der Waals surface area contributed by atoms with E-state index in [4.69, 9.17) is 9.47 Å². The van der Waals surface area contributed by atoms with Crippen LogP contribution in [0.5, 0.6) is 5.75 Å². The van der Waals surface area contributed by atoms with E-state index < -0.39 is 41.7 Å². The molecule has 0 saturated carbocycles. The molecule has 0 fully saturated rings. The third-order valence-electron chi connectivity index (χ3n) is 5.42. The van der Waals surface area contributed by atoms with Gasteiger partial charge < -0.3 is 20.1 Å². The van der Waals surface area contributed by atoms with Crippen LogP contribution in [0.2, 0.25) is 0 Å². The monoisotopic (exact) mass is 497 g/mol. The number of methoxy groups -OCH3 is 1. The molecule has 1 aliphatic rings. The number of amides is 2. The standard InChI is InChI=1S/C24H27N5O7/c1-5-12-27-22(32)28(13-6-2)24(34)29(23(27)33)14-17-18(20(30)36-7-3)19(26-21(31)25-17)15-8-10-16(35-4)11-9-15/h5-6,8-11,19H,1-2,7,12-14H2,3-4H3,(H2,25,26,31)/t19-/m1/s1. The smallest absolute Gasteiger partial charge is 0.338 e. The van der Waals surface area contributed by atoms with Crippen LogP contribution >= 0.6 is 0 Å². The molecule has 12 heteroatoms. The number of ether oxygens (including phenoxy) is 2. The van der Waals surface area contributed by atoms with Crippen molar-refractivity contribution in [2.45, 2.75) is 32.6 Å². The largest absolute Gasteiger partial charge is 0.497 e. The predicted octanol–water partition coefficient (Wildman–Crippen LogP) is 0.424. The molecule has 0 aliphatic carbocycles. The van der Waals surface area contributed by atoms with E-state index in [1.165, 1.54) is 19.3 Å². The molecule has 0 saturated heterocycles. The number of benzene rings is 1. The zero-order valence-corrected chi connectivity index (χ0v) is 20.0. The minimum absolute atomic E-state index is 0.00431. The Balaban J connectivity index is 2.25. The lowest BCUT2D eigenvalue weighted by atomic mass is 9.95. The van der Waals surface area contributed by atoms with Gasteiger partial charge in [0.1, 0.15) is 5.75 Å². The number of aromatic nitrogens is 3. The molecule has 190 valence electrons. The Bertz CT molecular complexity index is 1350. The fourth-order valence-electron chi connectivity index (χ4n) is 3.79. The van der Waals surface area contributed by atoms with E-state index in [-0.39, 0.29) is 31.0 Å². The molecule has 2 heterocycles. The highest BCUT2D eigenvalue weighted by molar-refractivity contribution is 5.95. The van der Waals surface area contributed by atoms with Crippen molar-refractivity contribution in [2.24, 2.45) is 0 Å². The Labute approximate surface area is 205 Å². The molecular weight excluding hydrogens is 470 g/mol. The van der Waals surface area contributed by atoms with Gasteiger partial charge in [-0.05, 0) is 24.6 Å². The number of nitrogens with zero attached hydrogens (tertiary/aromatic N) is 3. The van der Waals surface area contributed by atoms with Gasteiger partial charge in [0, 0.05) is 0 Å². The van der Waals surface area contributed by atoms with Crippen LogP contribution in [0.1, 0.15) is 18.5 Å². The first-order valence-corrected chi connectivity index (χ1v) is 11.0. The SMILES string of the molecule is C=CCn1c(=O)n(CC=C)c(=O)n(CC2=C(C(=O)OCC)[C@@H](c3ccc(OC)cc3)NC(=O)N2)c1=O. The van der Waals surface area contributed by atoms with Crippen LogP contribution in [0.15, 0.2) is 75.2 Å². The number of rotatable bonds is 10. The van der Waals surface area contributed by atoms with E-state index in [1.807, 2.05) is 0 Å². The van der Waals surface area contributed by atoms with Crippen LogP contribution in [0.4, 0.5) is 4.79 Å². The fraction of sp³-hybridized carbons (Fsp3) is 0.292. The van der Waals surface area contributed by atoms with Gasteiger partial charge in [0.2, 0.25) is 0 Å². The fourth-order valence-corrected chi connectivity index (χ4v) is 3.79. The first-order valence-electron chi connectivity index (χ1n) is 11.0. The summed E-state index contributed by atoms with van der Waals surface area (Å²) < 4.78 is 12.8. The first-order chi connectivity index (χ1) is 17.3. The van der Waals surface area contributed by atoms with Gasteiger partial charge in [0.25, 0.3) is 0 Å². The van der Waals surface area contributed by atoms with Gasteiger partial charge in [-0.25, -0.2) is 37.7 Å². The molecule has 0 spiro atoms. The number of nitrogens with one attached hydrogen (secondary N) is 2. The first kappa shape index (κ1) is 26.0. The zero-order valence-electron chi connectivity index (χ0n) is 20.0. The normalized spacial score (nSPS) is 15.1. The highest BCUT2D eigenvalue weighted by Crippen LogP contribution is 2.29. The maximum absolute atomic E-state index is 13.1. The van der Waals surface area contributed by atoms with E-state index in [1.54, 1.807) is 31.2 Å². The molecule has 0 unspecified atom stereocenters. The van der Waals surface area contributed by atoms with Crippen LogP contribution in [0.3, 0.4) is 0 Å². The van der Waals surface area contributed by atoms with Crippen molar-refractivity contribution in [3.63, 3.8) is 0 Å². The Morgan fingerprint density at radius 1 is 0.972 bits per heavy atom. The summed E-state index contributed by atoms with van der Waals surface area (Å²) in [5.41, 5.74) is -2.15. The van der Waals surface area contributed by atoms with E-state index in [0.29, 0.717) is 11.3 Å². The number of urea groups is 1. The Hall–Kier alpha value is -4.61. The lowest BCUT2D eigenvalue weighted by molar-refractivity contribution is -0.139. The molecule has 1 atom stereocenters. The number of esters is 1. The van der Waals surface area contributed by atoms with Crippen LogP contribution in [-0.4, -0.2) is 39.4 Å². The lowest BCUT2D eigenvalue weighted by Gasteiger charge is -2.29. The molecular formula is C24H27N5O7. The number of hydrogen-bond donors (Lipinski definition) is 2. The number of carbonyl (C=O) groups excluding carboxylic acids is 2. The topological polar surface area (TPSA) is 143 Å². The van der Waals surface area contributed by atoms with E-state index in [2.05, 4.69) is 23.8 Å². The van der Waals surface area contributed by atoms with Crippen molar-refractivity contribution in [3.05, 3.63) is 97.9 Å². The summed E-state index contributed by atoms with van der Waals surface area (Å²) in [5.74, 6) is -0.181. The third-order valence-corrected chi connectivity index (χ3v) is 5.42. The second kappa shape index (κ2) is 11.2.